The Hall–Kier alpha value is -3.65. The highest BCUT2D eigenvalue weighted by Crippen LogP contribution is 2.27. The molecule has 128 valence electrons. The van der Waals surface area contributed by atoms with Gasteiger partial charge < -0.3 is 10.1 Å². The molecule has 0 heterocycles. The molecule has 0 fully saturated rings. The predicted molar refractivity (Wildman–Crippen MR) is 99.2 cm³/mol. The molecule has 1 amide bonds. The van der Waals surface area contributed by atoms with E-state index in [-0.39, 0.29) is 5.91 Å². The zero-order valence-electron chi connectivity index (χ0n) is 14.1. The van der Waals surface area contributed by atoms with Crippen LogP contribution < -0.4 is 10.1 Å². The lowest BCUT2D eigenvalue weighted by Gasteiger charge is -2.17. The van der Waals surface area contributed by atoms with Gasteiger partial charge in [-0.2, -0.15) is 5.26 Å². The van der Waals surface area contributed by atoms with Gasteiger partial charge in [0.25, 0.3) is 5.91 Å². The molecule has 0 spiro atoms. The first-order valence-electron chi connectivity index (χ1n) is 8.07. The molecule has 0 saturated carbocycles. The first-order valence-corrected chi connectivity index (χ1v) is 8.07. The van der Waals surface area contributed by atoms with E-state index < -0.39 is 6.10 Å². The lowest BCUT2D eigenvalue weighted by atomic mass is 10.0. The summed E-state index contributed by atoms with van der Waals surface area (Å²) in [5.41, 5.74) is 1.50. The highest BCUT2D eigenvalue weighted by molar-refractivity contribution is 6.01. The van der Waals surface area contributed by atoms with E-state index in [1.165, 1.54) is 0 Å². The van der Waals surface area contributed by atoms with Crippen molar-refractivity contribution in [2.75, 3.05) is 5.32 Å². The fraction of sp³-hybridized carbons (Fsp3) is 0.0952. The number of nitriles is 1. The molecule has 5 nitrogen and oxygen atoms in total. The molecule has 0 saturated heterocycles. The van der Waals surface area contributed by atoms with Crippen molar-refractivity contribution in [1.82, 2.24) is 0 Å². The second-order valence-corrected chi connectivity index (χ2v) is 5.75. The molecule has 0 radical (unpaired) electrons. The maximum absolute atomic E-state index is 12.3. The van der Waals surface area contributed by atoms with Gasteiger partial charge in [0.15, 0.2) is 12.4 Å². The SMILES string of the molecule is C[C@H](Oc1ccc2ccccc2c1C=O)C(=O)Nc1ccc(C#N)cc1. The quantitative estimate of drug-likeness (QED) is 0.711. The maximum Gasteiger partial charge on any atom is 0.265 e. The van der Waals surface area contributed by atoms with E-state index in [1.807, 2.05) is 36.4 Å². The number of benzene rings is 3. The molecule has 0 aliphatic carbocycles. The van der Waals surface area contributed by atoms with Crippen molar-refractivity contribution in [3.05, 3.63) is 71.8 Å². The van der Waals surface area contributed by atoms with E-state index in [2.05, 4.69) is 5.32 Å². The summed E-state index contributed by atoms with van der Waals surface area (Å²) in [5, 5.41) is 13.2. The summed E-state index contributed by atoms with van der Waals surface area (Å²) < 4.78 is 5.73. The van der Waals surface area contributed by atoms with Crippen molar-refractivity contribution in [3.8, 4) is 11.8 Å². The van der Waals surface area contributed by atoms with Crippen molar-refractivity contribution in [2.24, 2.45) is 0 Å². The number of ether oxygens (including phenoxy) is 1. The van der Waals surface area contributed by atoms with Gasteiger partial charge in [0.1, 0.15) is 5.75 Å². The van der Waals surface area contributed by atoms with Crippen LogP contribution in [0.3, 0.4) is 0 Å². The Morgan fingerprint density at radius 1 is 1.12 bits per heavy atom. The number of aldehydes is 1. The first kappa shape index (κ1) is 17.2. The molecule has 3 aromatic rings. The maximum atomic E-state index is 12.3. The van der Waals surface area contributed by atoms with E-state index in [9.17, 15) is 9.59 Å². The third-order valence-electron chi connectivity index (χ3n) is 4.00. The topological polar surface area (TPSA) is 79.2 Å². The van der Waals surface area contributed by atoms with Crippen LogP contribution in [0.25, 0.3) is 10.8 Å². The van der Waals surface area contributed by atoms with E-state index in [0.717, 1.165) is 17.1 Å². The third kappa shape index (κ3) is 3.55. The minimum Gasteiger partial charge on any atom is -0.480 e. The number of anilines is 1. The summed E-state index contributed by atoms with van der Waals surface area (Å²) in [6, 6.07) is 19.6. The highest BCUT2D eigenvalue weighted by Gasteiger charge is 2.17. The molecule has 0 aliphatic rings. The minimum absolute atomic E-state index is 0.347. The Labute approximate surface area is 150 Å². The van der Waals surface area contributed by atoms with Gasteiger partial charge in [0.2, 0.25) is 0 Å². The third-order valence-corrected chi connectivity index (χ3v) is 4.00. The number of carbonyl (C=O) groups excluding carboxylic acids is 2. The fourth-order valence-electron chi connectivity index (χ4n) is 2.62. The van der Waals surface area contributed by atoms with Crippen molar-refractivity contribution in [1.29, 1.82) is 5.26 Å². The van der Waals surface area contributed by atoms with Gasteiger partial charge in [-0.1, -0.05) is 30.3 Å². The van der Waals surface area contributed by atoms with Gasteiger partial charge in [-0.05, 0) is 48.0 Å². The average Bonchev–Trinajstić information content (AvgIpc) is 2.68. The van der Waals surface area contributed by atoms with E-state index in [1.54, 1.807) is 37.3 Å². The van der Waals surface area contributed by atoms with Crippen LogP contribution in [0.1, 0.15) is 22.8 Å². The number of amides is 1. The summed E-state index contributed by atoms with van der Waals surface area (Å²) in [5.74, 6) is 0.0147. The summed E-state index contributed by atoms with van der Waals surface area (Å²) >= 11 is 0. The standard InChI is InChI=1S/C21H16N2O3/c1-14(21(25)23-17-9-6-15(12-22)7-10-17)26-20-11-8-16-4-2-3-5-18(16)19(20)13-24/h2-11,13-14H,1H3,(H,23,25)/t14-/m0/s1. The molecule has 0 bridgehead atoms. The lowest BCUT2D eigenvalue weighted by Crippen LogP contribution is -2.30. The number of nitrogens with zero attached hydrogens (tertiary/aromatic N) is 1. The Morgan fingerprint density at radius 3 is 2.54 bits per heavy atom. The minimum atomic E-state index is -0.800. The summed E-state index contributed by atoms with van der Waals surface area (Å²) in [6.07, 6.45) is -0.0615. The van der Waals surface area contributed by atoms with Crippen LogP contribution in [0.5, 0.6) is 5.75 Å². The van der Waals surface area contributed by atoms with Crippen molar-refractivity contribution in [2.45, 2.75) is 13.0 Å². The molecular formula is C21H16N2O3. The number of rotatable bonds is 5. The van der Waals surface area contributed by atoms with Crippen molar-refractivity contribution in [3.63, 3.8) is 0 Å². The van der Waals surface area contributed by atoms with Crippen LogP contribution in [0.2, 0.25) is 0 Å². The fourth-order valence-corrected chi connectivity index (χ4v) is 2.62. The van der Waals surface area contributed by atoms with Gasteiger partial charge in [0, 0.05) is 5.69 Å². The van der Waals surface area contributed by atoms with Gasteiger partial charge in [-0.15, -0.1) is 0 Å². The van der Waals surface area contributed by atoms with Crippen LogP contribution in [0.15, 0.2) is 60.7 Å². The molecule has 0 aliphatic heterocycles. The normalized spacial score (nSPS) is 11.4. The number of carbonyl (C=O) groups is 2. The molecule has 1 atom stereocenters. The predicted octanol–water partition coefficient (Wildman–Crippen LogP) is 3.93. The Kier molecular flexibility index (Phi) is 4.95. The smallest absolute Gasteiger partial charge is 0.265 e. The highest BCUT2D eigenvalue weighted by atomic mass is 16.5. The van der Waals surface area contributed by atoms with Crippen LogP contribution in [-0.4, -0.2) is 18.3 Å². The Morgan fingerprint density at radius 2 is 1.85 bits per heavy atom. The van der Waals surface area contributed by atoms with Gasteiger partial charge in [0.05, 0.1) is 17.2 Å². The molecule has 0 unspecified atom stereocenters. The Bertz CT molecular complexity index is 1000. The van der Waals surface area contributed by atoms with Crippen LogP contribution in [0, 0.1) is 11.3 Å². The average molecular weight is 344 g/mol. The second kappa shape index (κ2) is 7.49. The molecular weight excluding hydrogens is 328 g/mol. The second-order valence-electron chi connectivity index (χ2n) is 5.75. The molecule has 0 aromatic heterocycles. The van der Waals surface area contributed by atoms with Crippen LogP contribution in [-0.2, 0) is 4.79 Å². The summed E-state index contributed by atoms with van der Waals surface area (Å²) in [4.78, 5) is 23.9. The van der Waals surface area contributed by atoms with Gasteiger partial charge in [-0.3, -0.25) is 9.59 Å². The molecule has 3 aromatic carbocycles. The van der Waals surface area contributed by atoms with E-state index >= 15 is 0 Å². The zero-order valence-corrected chi connectivity index (χ0v) is 14.1. The molecule has 1 N–H and O–H groups in total. The van der Waals surface area contributed by atoms with Crippen molar-refractivity contribution >= 4 is 28.7 Å². The number of hydrogen-bond acceptors (Lipinski definition) is 4. The molecule has 5 heteroatoms. The number of hydrogen-bond donors (Lipinski definition) is 1. The van der Waals surface area contributed by atoms with Crippen LogP contribution in [0.4, 0.5) is 5.69 Å². The summed E-state index contributed by atoms with van der Waals surface area (Å²) in [7, 11) is 0. The van der Waals surface area contributed by atoms with E-state index in [4.69, 9.17) is 10.00 Å². The number of nitrogens with one attached hydrogen (secondary N) is 1. The van der Waals surface area contributed by atoms with Crippen LogP contribution >= 0.6 is 0 Å². The largest absolute Gasteiger partial charge is 0.480 e. The monoisotopic (exact) mass is 344 g/mol. The van der Waals surface area contributed by atoms with Gasteiger partial charge >= 0.3 is 0 Å². The summed E-state index contributed by atoms with van der Waals surface area (Å²) in [6.45, 7) is 1.61. The Balaban J connectivity index is 1.77. The number of fused-ring (bicyclic) bond motifs is 1. The molecule has 3 rings (SSSR count). The zero-order chi connectivity index (χ0) is 18.5. The van der Waals surface area contributed by atoms with E-state index in [0.29, 0.717) is 22.6 Å². The molecule has 26 heavy (non-hydrogen) atoms. The first-order chi connectivity index (χ1) is 12.6. The lowest BCUT2D eigenvalue weighted by molar-refractivity contribution is -0.122. The van der Waals surface area contributed by atoms with Crippen molar-refractivity contribution < 1.29 is 14.3 Å². The van der Waals surface area contributed by atoms with Gasteiger partial charge in [-0.25, -0.2) is 0 Å².